The van der Waals surface area contributed by atoms with Gasteiger partial charge in [0.05, 0.1) is 13.0 Å². The minimum absolute atomic E-state index is 0.0458. The van der Waals surface area contributed by atoms with E-state index in [2.05, 4.69) is 20.4 Å². The first-order valence-corrected chi connectivity index (χ1v) is 9.39. The number of likely N-dealkylation sites (tertiary alicyclic amines) is 1. The lowest BCUT2D eigenvalue weighted by molar-refractivity contribution is -0.132. The molecule has 144 valence electrons. The smallest absolute Gasteiger partial charge is 0.227 e. The van der Waals surface area contributed by atoms with Crippen molar-refractivity contribution in [3.63, 3.8) is 0 Å². The van der Waals surface area contributed by atoms with Gasteiger partial charge < -0.3 is 4.90 Å². The molecule has 4 rings (SSSR count). The van der Waals surface area contributed by atoms with Crippen LogP contribution in [0.2, 0.25) is 0 Å². The minimum atomic E-state index is -0.335. The van der Waals surface area contributed by atoms with Crippen LogP contribution in [0.3, 0.4) is 0 Å². The van der Waals surface area contributed by atoms with Gasteiger partial charge in [0.15, 0.2) is 0 Å². The molecule has 1 saturated heterocycles. The average molecular weight is 380 g/mol. The summed E-state index contributed by atoms with van der Waals surface area (Å²) in [6, 6.07) is 12.0. The molecular weight excluding hydrogens is 359 g/mol. The van der Waals surface area contributed by atoms with E-state index >= 15 is 0 Å². The Bertz CT molecular complexity index is 945. The van der Waals surface area contributed by atoms with Gasteiger partial charge in [0.2, 0.25) is 11.7 Å². The molecular formula is C20H21FN6O. The fourth-order valence-corrected chi connectivity index (χ4v) is 3.51. The number of piperidine rings is 1. The van der Waals surface area contributed by atoms with Crippen molar-refractivity contribution in [2.75, 3.05) is 13.1 Å². The molecule has 0 aliphatic carbocycles. The number of pyridine rings is 1. The molecule has 2 aromatic heterocycles. The monoisotopic (exact) mass is 380 g/mol. The standard InChI is InChI=1S/C20H21FN6O/c21-17-8-2-1-7-16(17)12-19(28)26-11-5-6-15(13-26)14-27-24-20(23-25-27)18-9-3-4-10-22-18/h1-4,7-10,15H,5-6,11-14H2/t15-/m1/s1. The summed E-state index contributed by atoms with van der Waals surface area (Å²) in [5, 5.41) is 12.6. The Morgan fingerprint density at radius 1 is 1.18 bits per heavy atom. The minimum Gasteiger partial charge on any atom is -0.342 e. The number of aromatic nitrogens is 5. The van der Waals surface area contributed by atoms with Gasteiger partial charge in [-0.25, -0.2) is 4.39 Å². The second-order valence-electron chi connectivity index (χ2n) is 7.00. The van der Waals surface area contributed by atoms with Crippen molar-refractivity contribution in [2.24, 2.45) is 5.92 Å². The van der Waals surface area contributed by atoms with Gasteiger partial charge >= 0.3 is 0 Å². The largest absolute Gasteiger partial charge is 0.342 e. The van der Waals surface area contributed by atoms with Crippen molar-refractivity contribution >= 4 is 5.91 Å². The van der Waals surface area contributed by atoms with Crippen molar-refractivity contribution in [1.29, 1.82) is 0 Å². The molecule has 3 heterocycles. The summed E-state index contributed by atoms with van der Waals surface area (Å²) < 4.78 is 13.8. The Kier molecular flexibility index (Phi) is 5.36. The summed E-state index contributed by atoms with van der Waals surface area (Å²) in [6.07, 6.45) is 3.68. The highest BCUT2D eigenvalue weighted by molar-refractivity contribution is 5.78. The van der Waals surface area contributed by atoms with Gasteiger partial charge in [-0.15, -0.1) is 10.2 Å². The summed E-state index contributed by atoms with van der Waals surface area (Å²) in [5.41, 5.74) is 1.12. The van der Waals surface area contributed by atoms with E-state index in [1.807, 2.05) is 23.1 Å². The molecule has 0 N–H and O–H groups in total. The van der Waals surface area contributed by atoms with Crippen molar-refractivity contribution in [3.05, 3.63) is 60.0 Å². The number of amides is 1. The number of halogens is 1. The van der Waals surface area contributed by atoms with E-state index in [-0.39, 0.29) is 24.1 Å². The fraction of sp³-hybridized carbons (Fsp3) is 0.350. The molecule has 8 heteroatoms. The normalized spacial score (nSPS) is 16.9. The number of benzene rings is 1. The molecule has 0 radical (unpaired) electrons. The molecule has 0 saturated carbocycles. The van der Waals surface area contributed by atoms with E-state index in [9.17, 15) is 9.18 Å². The lowest BCUT2D eigenvalue weighted by Gasteiger charge is -2.32. The highest BCUT2D eigenvalue weighted by Gasteiger charge is 2.25. The number of hydrogen-bond acceptors (Lipinski definition) is 5. The summed E-state index contributed by atoms with van der Waals surface area (Å²) in [4.78, 5) is 20.2. The fourth-order valence-electron chi connectivity index (χ4n) is 3.51. The molecule has 1 fully saturated rings. The van der Waals surface area contributed by atoms with Crippen molar-refractivity contribution in [1.82, 2.24) is 30.1 Å². The van der Waals surface area contributed by atoms with Crippen LogP contribution in [0.5, 0.6) is 0 Å². The number of rotatable bonds is 5. The van der Waals surface area contributed by atoms with Crippen LogP contribution in [0.4, 0.5) is 4.39 Å². The van der Waals surface area contributed by atoms with E-state index in [1.165, 1.54) is 6.07 Å². The van der Waals surface area contributed by atoms with Crippen LogP contribution in [0.1, 0.15) is 18.4 Å². The number of carbonyl (C=O) groups excluding carboxylic acids is 1. The zero-order valence-corrected chi connectivity index (χ0v) is 15.4. The molecule has 1 aromatic carbocycles. The molecule has 0 unspecified atom stereocenters. The van der Waals surface area contributed by atoms with Crippen LogP contribution in [-0.4, -0.2) is 49.1 Å². The van der Waals surface area contributed by atoms with Crippen molar-refractivity contribution in [3.8, 4) is 11.5 Å². The maximum absolute atomic E-state index is 13.8. The third kappa shape index (κ3) is 4.21. The van der Waals surface area contributed by atoms with Gasteiger partial charge in [-0.1, -0.05) is 24.3 Å². The Balaban J connectivity index is 1.37. The zero-order valence-electron chi connectivity index (χ0n) is 15.4. The van der Waals surface area contributed by atoms with Crippen molar-refractivity contribution in [2.45, 2.75) is 25.8 Å². The lowest BCUT2D eigenvalue weighted by Crippen LogP contribution is -2.42. The Morgan fingerprint density at radius 2 is 2.04 bits per heavy atom. The van der Waals surface area contributed by atoms with Gasteiger partial charge in [0, 0.05) is 19.3 Å². The van der Waals surface area contributed by atoms with Crippen LogP contribution in [0, 0.1) is 11.7 Å². The maximum atomic E-state index is 13.8. The molecule has 7 nitrogen and oxygen atoms in total. The highest BCUT2D eigenvalue weighted by atomic mass is 19.1. The SMILES string of the molecule is O=C(Cc1ccccc1F)N1CCC[C@@H](Cn2nnc(-c3ccccn3)n2)C1. The number of hydrogen-bond donors (Lipinski definition) is 0. The second-order valence-corrected chi connectivity index (χ2v) is 7.00. The van der Waals surface area contributed by atoms with Crippen molar-refractivity contribution < 1.29 is 9.18 Å². The predicted octanol–water partition coefficient (Wildman–Crippen LogP) is 2.36. The van der Waals surface area contributed by atoms with Gasteiger partial charge in [-0.05, 0) is 47.7 Å². The second kappa shape index (κ2) is 8.24. The molecule has 0 spiro atoms. The average Bonchev–Trinajstić information content (AvgIpc) is 3.19. The highest BCUT2D eigenvalue weighted by Crippen LogP contribution is 2.20. The Labute approximate surface area is 162 Å². The zero-order chi connectivity index (χ0) is 19.3. The van der Waals surface area contributed by atoms with Gasteiger partial charge in [-0.3, -0.25) is 9.78 Å². The molecule has 3 aromatic rings. The molecule has 1 atom stereocenters. The first-order chi connectivity index (χ1) is 13.7. The third-order valence-corrected chi connectivity index (χ3v) is 4.94. The molecule has 1 aliphatic rings. The predicted molar refractivity (Wildman–Crippen MR) is 100 cm³/mol. The Morgan fingerprint density at radius 3 is 2.86 bits per heavy atom. The first kappa shape index (κ1) is 18.2. The lowest BCUT2D eigenvalue weighted by atomic mass is 9.97. The number of tetrazole rings is 1. The molecule has 1 amide bonds. The quantitative estimate of drug-likeness (QED) is 0.679. The van der Waals surface area contributed by atoms with Gasteiger partial charge in [-0.2, -0.15) is 4.80 Å². The van der Waals surface area contributed by atoms with Gasteiger partial charge in [0.1, 0.15) is 11.5 Å². The van der Waals surface area contributed by atoms with E-state index < -0.39 is 0 Å². The number of carbonyl (C=O) groups is 1. The van der Waals surface area contributed by atoms with E-state index in [1.54, 1.807) is 29.2 Å². The maximum Gasteiger partial charge on any atom is 0.227 e. The first-order valence-electron chi connectivity index (χ1n) is 9.39. The molecule has 28 heavy (non-hydrogen) atoms. The topological polar surface area (TPSA) is 76.8 Å². The van der Waals surface area contributed by atoms with Crippen LogP contribution < -0.4 is 0 Å². The van der Waals surface area contributed by atoms with Gasteiger partial charge in [0.25, 0.3) is 0 Å². The van der Waals surface area contributed by atoms with E-state index in [4.69, 9.17) is 0 Å². The van der Waals surface area contributed by atoms with Crippen LogP contribution >= 0.6 is 0 Å². The summed E-state index contributed by atoms with van der Waals surface area (Å²) >= 11 is 0. The number of nitrogens with zero attached hydrogens (tertiary/aromatic N) is 6. The van der Waals surface area contributed by atoms with E-state index in [0.717, 1.165) is 12.8 Å². The van der Waals surface area contributed by atoms with E-state index in [0.29, 0.717) is 36.7 Å². The van der Waals surface area contributed by atoms with Crippen LogP contribution in [0.25, 0.3) is 11.5 Å². The van der Waals surface area contributed by atoms with Crippen LogP contribution in [0.15, 0.2) is 48.7 Å². The summed E-state index contributed by atoms with van der Waals surface area (Å²) in [5.74, 6) is 0.349. The summed E-state index contributed by atoms with van der Waals surface area (Å²) in [6.45, 7) is 1.91. The third-order valence-electron chi connectivity index (χ3n) is 4.94. The van der Waals surface area contributed by atoms with Crippen LogP contribution in [-0.2, 0) is 17.8 Å². The Hall–Kier alpha value is -3.16. The summed E-state index contributed by atoms with van der Waals surface area (Å²) in [7, 11) is 0. The molecule has 1 aliphatic heterocycles. The molecule has 0 bridgehead atoms.